The monoisotopic (exact) mass is 272 g/mol. The summed E-state index contributed by atoms with van der Waals surface area (Å²) in [5, 5.41) is 6.01. The maximum absolute atomic E-state index is 12.9. The maximum atomic E-state index is 12.9. The van der Waals surface area contributed by atoms with E-state index in [1.54, 1.807) is 12.1 Å². The fourth-order valence-electron chi connectivity index (χ4n) is 2.03. The lowest BCUT2D eigenvalue weighted by Gasteiger charge is -2.22. The van der Waals surface area contributed by atoms with Crippen molar-refractivity contribution in [2.45, 2.75) is 31.8 Å². The first-order valence-corrected chi connectivity index (χ1v) is 6.01. The highest BCUT2D eigenvalue weighted by molar-refractivity contribution is 5.85. The van der Waals surface area contributed by atoms with Crippen LogP contribution in [0.2, 0.25) is 0 Å². The molecule has 1 amide bonds. The molecule has 1 aromatic carbocycles. The van der Waals surface area contributed by atoms with E-state index in [0.29, 0.717) is 6.54 Å². The van der Waals surface area contributed by atoms with Crippen LogP contribution in [0.25, 0.3) is 0 Å². The minimum absolute atomic E-state index is 0. The van der Waals surface area contributed by atoms with Gasteiger partial charge in [0.25, 0.3) is 0 Å². The van der Waals surface area contributed by atoms with E-state index in [-0.39, 0.29) is 30.2 Å². The van der Waals surface area contributed by atoms with E-state index in [1.807, 2.05) is 0 Å². The first-order chi connectivity index (χ1) is 8.25. The molecule has 0 saturated carbocycles. The molecule has 0 bridgehead atoms. The molecule has 0 aliphatic carbocycles. The average Bonchev–Trinajstić information content (AvgIpc) is 2.37. The van der Waals surface area contributed by atoms with Crippen LogP contribution in [0, 0.1) is 5.82 Å². The summed E-state index contributed by atoms with van der Waals surface area (Å²) in [5.41, 5.74) is 0.786. The molecule has 0 spiro atoms. The highest BCUT2D eigenvalue weighted by Crippen LogP contribution is 2.07. The fraction of sp³-hybridized carbons (Fsp3) is 0.462. The minimum Gasteiger partial charge on any atom is -0.351 e. The smallest absolute Gasteiger partial charge is 0.237 e. The van der Waals surface area contributed by atoms with Gasteiger partial charge in [-0.05, 0) is 37.1 Å². The Balaban J connectivity index is 0.00000162. The highest BCUT2D eigenvalue weighted by Gasteiger charge is 2.19. The molecule has 0 unspecified atom stereocenters. The average molecular weight is 273 g/mol. The lowest BCUT2D eigenvalue weighted by Crippen LogP contribution is -2.46. The number of hydrogen-bond donors (Lipinski definition) is 2. The molecule has 2 N–H and O–H groups in total. The van der Waals surface area contributed by atoms with Gasteiger partial charge in [-0.1, -0.05) is 18.6 Å². The van der Waals surface area contributed by atoms with Gasteiger partial charge in [0, 0.05) is 6.54 Å². The molecular weight excluding hydrogens is 255 g/mol. The normalized spacial score (nSPS) is 18.8. The summed E-state index contributed by atoms with van der Waals surface area (Å²) in [7, 11) is 0. The Hall–Kier alpha value is -1.13. The number of hydrogen-bond acceptors (Lipinski definition) is 2. The number of carbonyl (C=O) groups is 1. The van der Waals surface area contributed by atoms with Crippen molar-refractivity contribution in [3.8, 4) is 0 Å². The maximum Gasteiger partial charge on any atom is 0.237 e. The Bertz CT molecular complexity index is 394. The van der Waals surface area contributed by atoms with Gasteiger partial charge >= 0.3 is 0 Å². The van der Waals surface area contributed by atoms with E-state index in [4.69, 9.17) is 0 Å². The molecule has 0 aromatic heterocycles. The molecule has 100 valence electrons. The molecule has 1 heterocycles. The number of amides is 1. The molecule has 1 aliphatic rings. The van der Waals surface area contributed by atoms with Crippen LogP contribution >= 0.6 is 12.4 Å². The van der Waals surface area contributed by atoms with Gasteiger partial charge in [-0.3, -0.25) is 4.79 Å². The van der Waals surface area contributed by atoms with Crippen molar-refractivity contribution in [3.63, 3.8) is 0 Å². The van der Waals surface area contributed by atoms with Gasteiger partial charge in [-0.15, -0.1) is 12.4 Å². The summed E-state index contributed by atoms with van der Waals surface area (Å²) >= 11 is 0. The number of halogens is 2. The molecule has 5 heteroatoms. The second-order valence-corrected chi connectivity index (χ2v) is 4.35. The van der Waals surface area contributed by atoms with Crippen LogP contribution in [0.15, 0.2) is 24.3 Å². The van der Waals surface area contributed by atoms with E-state index in [9.17, 15) is 9.18 Å². The molecule has 0 radical (unpaired) electrons. The minimum atomic E-state index is -0.271. The predicted octanol–water partition coefficient (Wildman–Crippen LogP) is 2.01. The largest absolute Gasteiger partial charge is 0.351 e. The van der Waals surface area contributed by atoms with Gasteiger partial charge in [0.1, 0.15) is 5.82 Å². The number of rotatable bonds is 3. The van der Waals surface area contributed by atoms with Gasteiger partial charge in [-0.2, -0.15) is 0 Å². The standard InChI is InChI=1S/C13H17FN2O.ClH/c14-11-5-3-4-10(8-11)9-16-13(17)12-6-1-2-7-15-12;/h3-5,8,12,15H,1-2,6-7,9H2,(H,16,17);1H/t12-;/m1./s1. The van der Waals surface area contributed by atoms with Crippen molar-refractivity contribution in [2.75, 3.05) is 6.54 Å². The number of benzene rings is 1. The molecule has 1 atom stereocenters. The van der Waals surface area contributed by atoms with Crippen molar-refractivity contribution in [1.29, 1.82) is 0 Å². The van der Waals surface area contributed by atoms with Crippen molar-refractivity contribution in [3.05, 3.63) is 35.6 Å². The zero-order chi connectivity index (χ0) is 12.1. The summed E-state index contributed by atoms with van der Waals surface area (Å²) in [6.45, 7) is 1.28. The summed E-state index contributed by atoms with van der Waals surface area (Å²) < 4.78 is 12.9. The summed E-state index contributed by atoms with van der Waals surface area (Å²) in [4.78, 5) is 11.8. The summed E-state index contributed by atoms with van der Waals surface area (Å²) in [5.74, 6) is -0.262. The second-order valence-electron chi connectivity index (χ2n) is 4.35. The number of piperidine rings is 1. The van der Waals surface area contributed by atoms with E-state index < -0.39 is 0 Å². The van der Waals surface area contributed by atoms with Crippen LogP contribution in [-0.2, 0) is 11.3 Å². The Labute approximate surface area is 113 Å². The zero-order valence-corrected chi connectivity index (χ0v) is 10.9. The molecule has 2 rings (SSSR count). The lowest BCUT2D eigenvalue weighted by atomic mass is 10.0. The van der Waals surface area contributed by atoms with Crippen LogP contribution in [0.5, 0.6) is 0 Å². The van der Waals surface area contributed by atoms with Crippen molar-refractivity contribution < 1.29 is 9.18 Å². The Kier molecular flexibility index (Phi) is 6.09. The third kappa shape index (κ3) is 4.27. The molecule has 1 fully saturated rings. The molecule has 1 saturated heterocycles. The van der Waals surface area contributed by atoms with Crippen LogP contribution in [-0.4, -0.2) is 18.5 Å². The Morgan fingerprint density at radius 3 is 2.94 bits per heavy atom. The lowest BCUT2D eigenvalue weighted by molar-refractivity contribution is -0.123. The summed E-state index contributed by atoms with van der Waals surface area (Å²) in [6.07, 6.45) is 3.10. The van der Waals surface area contributed by atoms with E-state index in [2.05, 4.69) is 10.6 Å². The molecular formula is C13H18ClFN2O. The Morgan fingerprint density at radius 1 is 1.44 bits per heavy atom. The van der Waals surface area contributed by atoms with Gasteiger partial charge < -0.3 is 10.6 Å². The topological polar surface area (TPSA) is 41.1 Å². The van der Waals surface area contributed by atoms with E-state index >= 15 is 0 Å². The van der Waals surface area contributed by atoms with Crippen LogP contribution in [0.4, 0.5) is 4.39 Å². The number of nitrogens with one attached hydrogen (secondary N) is 2. The van der Waals surface area contributed by atoms with Crippen LogP contribution in [0.3, 0.4) is 0 Å². The summed E-state index contributed by atoms with van der Waals surface area (Å²) in [6, 6.07) is 6.20. The second kappa shape index (κ2) is 7.34. The number of carbonyl (C=O) groups excluding carboxylic acids is 1. The van der Waals surface area contributed by atoms with E-state index in [0.717, 1.165) is 31.4 Å². The predicted molar refractivity (Wildman–Crippen MR) is 71.1 cm³/mol. The first-order valence-electron chi connectivity index (χ1n) is 6.01. The molecule has 3 nitrogen and oxygen atoms in total. The van der Waals surface area contributed by atoms with Crippen LogP contribution in [0.1, 0.15) is 24.8 Å². The van der Waals surface area contributed by atoms with Gasteiger partial charge in [0.05, 0.1) is 6.04 Å². The van der Waals surface area contributed by atoms with Gasteiger partial charge in [0.15, 0.2) is 0 Å². The first kappa shape index (κ1) is 14.9. The van der Waals surface area contributed by atoms with E-state index in [1.165, 1.54) is 12.1 Å². The third-order valence-electron chi connectivity index (χ3n) is 2.98. The zero-order valence-electron chi connectivity index (χ0n) is 10.1. The molecule has 1 aliphatic heterocycles. The third-order valence-corrected chi connectivity index (χ3v) is 2.98. The van der Waals surface area contributed by atoms with Crippen molar-refractivity contribution in [1.82, 2.24) is 10.6 Å². The highest BCUT2D eigenvalue weighted by atomic mass is 35.5. The van der Waals surface area contributed by atoms with Crippen molar-refractivity contribution >= 4 is 18.3 Å². The Morgan fingerprint density at radius 2 is 2.28 bits per heavy atom. The van der Waals surface area contributed by atoms with Crippen LogP contribution < -0.4 is 10.6 Å². The SMILES string of the molecule is Cl.O=C(NCc1cccc(F)c1)[C@H]1CCCCN1. The molecule has 18 heavy (non-hydrogen) atoms. The molecule has 1 aromatic rings. The van der Waals surface area contributed by atoms with Gasteiger partial charge in [-0.25, -0.2) is 4.39 Å². The van der Waals surface area contributed by atoms with Crippen molar-refractivity contribution in [2.24, 2.45) is 0 Å². The van der Waals surface area contributed by atoms with Gasteiger partial charge in [0.2, 0.25) is 5.91 Å². The fourth-order valence-corrected chi connectivity index (χ4v) is 2.03. The quantitative estimate of drug-likeness (QED) is 0.884.